The normalized spacial score (nSPS) is 19.9. The van der Waals surface area contributed by atoms with E-state index in [1.807, 2.05) is 0 Å². The van der Waals surface area contributed by atoms with Crippen molar-refractivity contribution in [3.63, 3.8) is 0 Å². The van der Waals surface area contributed by atoms with Gasteiger partial charge in [0.15, 0.2) is 9.84 Å². The molecule has 0 spiro atoms. The minimum Gasteiger partial charge on any atom is -0.466 e. The molecule has 1 aromatic carbocycles. The summed E-state index contributed by atoms with van der Waals surface area (Å²) in [6, 6.07) is 4.85. The van der Waals surface area contributed by atoms with Crippen molar-refractivity contribution >= 4 is 33.2 Å². The minimum atomic E-state index is -3.48. The van der Waals surface area contributed by atoms with Crippen LogP contribution in [0.1, 0.15) is 19.8 Å². The average molecular weight is 453 g/mol. The molecule has 0 aliphatic carbocycles. The van der Waals surface area contributed by atoms with E-state index in [9.17, 15) is 18.0 Å². The minimum absolute atomic E-state index is 0.001000. The highest BCUT2D eigenvalue weighted by Gasteiger charge is 2.33. The van der Waals surface area contributed by atoms with Gasteiger partial charge in [0.05, 0.1) is 37.0 Å². The summed E-state index contributed by atoms with van der Waals surface area (Å²) in [5.41, 5.74) is 1.15. The summed E-state index contributed by atoms with van der Waals surface area (Å²) >= 11 is 0. The summed E-state index contributed by atoms with van der Waals surface area (Å²) in [5.74, 6) is -0.966. The molecule has 2 aliphatic heterocycles. The SMILES string of the molecule is COC(=O)C1=C(C(=O)OC)N(c2ccc(S(C)(=O)=O)c(N3CCCC(C)C3)c2)COC1. The van der Waals surface area contributed by atoms with Gasteiger partial charge < -0.3 is 24.0 Å². The highest BCUT2D eigenvalue weighted by Crippen LogP contribution is 2.35. The third kappa shape index (κ3) is 4.85. The fourth-order valence-corrected chi connectivity index (χ4v) is 4.87. The Morgan fingerprint density at radius 1 is 1.16 bits per heavy atom. The van der Waals surface area contributed by atoms with Gasteiger partial charge in [-0.15, -0.1) is 0 Å². The Labute approximate surface area is 182 Å². The number of benzene rings is 1. The highest BCUT2D eigenvalue weighted by molar-refractivity contribution is 7.90. The molecular weight excluding hydrogens is 424 g/mol. The van der Waals surface area contributed by atoms with Crippen molar-refractivity contribution in [3.8, 4) is 0 Å². The van der Waals surface area contributed by atoms with E-state index in [0.29, 0.717) is 17.3 Å². The summed E-state index contributed by atoms with van der Waals surface area (Å²) in [6.45, 7) is 3.51. The molecule has 1 atom stereocenters. The van der Waals surface area contributed by atoms with Gasteiger partial charge in [0.2, 0.25) is 0 Å². The van der Waals surface area contributed by atoms with Crippen LogP contribution in [-0.2, 0) is 33.6 Å². The first kappa shape index (κ1) is 23.1. The first-order chi connectivity index (χ1) is 14.7. The van der Waals surface area contributed by atoms with Crippen molar-refractivity contribution in [2.45, 2.75) is 24.7 Å². The molecule has 10 heteroatoms. The van der Waals surface area contributed by atoms with Crippen LogP contribution in [0.15, 0.2) is 34.4 Å². The Balaban J connectivity index is 2.14. The lowest BCUT2D eigenvalue weighted by molar-refractivity contribution is -0.140. The topological polar surface area (TPSA) is 102 Å². The summed E-state index contributed by atoms with van der Waals surface area (Å²) in [4.78, 5) is 28.6. The lowest BCUT2D eigenvalue weighted by Crippen LogP contribution is -2.39. The zero-order chi connectivity index (χ0) is 22.8. The Kier molecular flexibility index (Phi) is 6.90. The van der Waals surface area contributed by atoms with E-state index in [2.05, 4.69) is 11.8 Å². The summed E-state index contributed by atoms with van der Waals surface area (Å²) < 4.78 is 40.1. The zero-order valence-corrected chi connectivity index (χ0v) is 19.0. The Morgan fingerprint density at radius 3 is 2.48 bits per heavy atom. The smallest absolute Gasteiger partial charge is 0.355 e. The second-order valence-corrected chi connectivity index (χ2v) is 9.82. The van der Waals surface area contributed by atoms with Gasteiger partial charge in [-0.3, -0.25) is 0 Å². The first-order valence-electron chi connectivity index (χ1n) is 10.0. The maximum absolute atomic E-state index is 12.5. The molecule has 1 unspecified atom stereocenters. The van der Waals surface area contributed by atoms with E-state index in [1.165, 1.54) is 31.4 Å². The molecule has 0 N–H and O–H groups in total. The molecule has 0 amide bonds. The molecule has 0 saturated carbocycles. The summed E-state index contributed by atoms with van der Waals surface area (Å²) in [7, 11) is -1.03. The molecule has 0 bridgehead atoms. The van der Waals surface area contributed by atoms with Gasteiger partial charge in [0, 0.05) is 25.0 Å². The van der Waals surface area contributed by atoms with Crippen LogP contribution in [0, 0.1) is 5.92 Å². The summed E-state index contributed by atoms with van der Waals surface area (Å²) in [5, 5.41) is 0. The molecule has 1 fully saturated rings. The predicted molar refractivity (Wildman–Crippen MR) is 115 cm³/mol. The fourth-order valence-electron chi connectivity index (χ4n) is 3.99. The number of hydrogen-bond acceptors (Lipinski definition) is 9. The van der Waals surface area contributed by atoms with Crippen LogP contribution < -0.4 is 9.80 Å². The van der Waals surface area contributed by atoms with Crippen LogP contribution >= 0.6 is 0 Å². The number of carbonyl (C=O) groups excluding carboxylic acids is 2. The van der Waals surface area contributed by atoms with Crippen LogP contribution in [0.5, 0.6) is 0 Å². The van der Waals surface area contributed by atoms with E-state index >= 15 is 0 Å². The molecule has 2 heterocycles. The van der Waals surface area contributed by atoms with Crippen molar-refractivity contribution in [2.24, 2.45) is 5.92 Å². The number of hydrogen-bond donors (Lipinski definition) is 0. The number of carbonyl (C=O) groups is 2. The average Bonchev–Trinajstić information content (AvgIpc) is 2.76. The number of piperidine rings is 1. The molecule has 31 heavy (non-hydrogen) atoms. The number of nitrogens with zero attached hydrogens (tertiary/aromatic N) is 2. The molecule has 3 rings (SSSR count). The van der Waals surface area contributed by atoms with Gasteiger partial charge in [-0.05, 0) is 37.0 Å². The van der Waals surface area contributed by atoms with Crippen LogP contribution in [0.2, 0.25) is 0 Å². The Hall–Kier alpha value is -2.59. The molecule has 9 nitrogen and oxygen atoms in total. The lowest BCUT2D eigenvalue weighted by atomic mass is 9.99. The number of anilines is 2. The van der Waals surface area contributed by atoms with Crippen molar-refractivity contribution in [1.29, 1.82) is 0 Å². The second kappa shape index (κ2) is 9.27. The predicted octanol–water partition coefficient (Wildman–Crippen LogP) is 1.72. The van der Waals surface area contributed by atoms with E-state index in [-0.39, 0.29) is 29.5 Å². The van der Waals surface area contributed by atoms with Crippen molar-refractivity contribution in [1.82, 2.24) is 0 Å². The monoisotopic (exact) mass is 452 g/mol. The molecule has 170 valence electrons. The number of methoxy groups -OCH3 is 2. The Morgan fingerprint density at radius 2 is 1.87 bits per heavy atom. The number of ether oxygens (including phenoxy) is 3. The van der Waals surface area contributed by atoms with Crippen LogP contribution in [0.25, 0.3) is 0 Å². The Bertz CT molecular complexity index is 1000. The van der Waals surface area contributed by atoms with Gasteiger partial charge >= 0.3 is 11.9 Å². The quantitative estimate of drug-likeness (QED) is 0.618. The van der Waals surface area contributed by atoms with E-state index in [4.69, 9.17) is 14.2 Å². The maximum Gasteiger partial charge on any atom is 0.355 e. The molecule has 2 aliphatic rings. The highest BCUT2D eigenvalue weighted by atomic mass is 32.2. The third-order valence-electron chi connectivity index (χ3n) is 5.48. The fraction of sp³-hybridized carbons (Fsp3) is 0.524. The van der Waals surface area contributed by atoms with Gasteiger partial charge in [-0.2, -0.15) is 0 Å². The maximum atomic E-state index is 12.5. The van der Waals surface area contributed by atoms with Gasteiger partial charge in [0.25, 0.3) is 0 Å². The van der Waals surface area contributed by atoms with Crippen molar-refractivity contribution in [3.05, 3.63) is 29.5 Å². The van der Waals surface area contributed by atoms with Gasteiger partial charge in [-0.1, -0.05) is 6.92 Å². The van der Waals surface area contributed by atoms with Crippen LogP contribution in [0.3, 0.4) is 0 Å². The standard InChI is InChI=1S/C21H28N2O7S/c1-14-6-5-9-22(11-14)17-10-15(7-8-18(17)31(4,26)27)23-13-30-12-16(20(24)28-2)19(23)21(25)29-3/h7-8,10,14H,5-6,9,11-13H2,1-4H3. The molecule has 1 aromatic rings. The first-order valence-corrected chi connectivity index (χ1v) is 11.9. The number of esters is 2. The third-order valence-corrected chi connectivity index (χ3v) is 6.63. The van der Waals surface area contributed by atoms with E-state index in [1.54, 1.807) is 12.1 Å². The molecule has 1 saturated heterocycles. The largest absolute Gasteiger partial charge is 0.466 e. The van der Waals surface area contributed by atoms with Crippen LogP contribution in [-0.4, -0.2) is 67.3 Å². The number of rotatable bonds is 5. The van der Waals surface area contributed by atoms with E-state index < -0.39 is 21.8 Å². The van der Waals surface area contributed by atoms with Gasteiger partial charge in [-0.25, -0.2) is 18.0 Å². The summed E-state index contributed by atoms with van der Waals surface area (Å²) in [6.07, 6.45) is 3.22. The molecule has 0 radical (unpaired) electrons. The van der Waals surface area contributed by atoms with Crippen molar-refractivity contribution < 1.29 is 32.2 Å². The number of sulfone groups is 1. The second-order valence-electron chi connectivity index (χ2n) is 7.83. The molecular formula is C21H28N2O7S. The zero-order valence-electron chi connectivity index (χ0n) is 18.2. The van der Waals surface area contributed by atoms with Gasteiger partial charge in [0.1, 0.15) is 12.4 Å². The molecule has 0 aromatic heterocycles. The van der Waals surface area contributed by atoms with Crippen LogP contribution in [0.4, 0.5) is 11.4 Å². The van der Waals surface area contributed by atoms with Crippen molar-refractivity contribution in [2.75, 3.05) is 56.7 Å². The van der Waals surface area contributed by atoms with E-state index in [0.717, 1.165) is 25.9 Å². The lowest BCUT2D eigenvalue weighted by Gasteiger charge is -2.36.